The number of rotatable bonds is 6. The molecule has 22 heavy (non-hydrogen) atoms. The van der Waals surface area contributed by atoms with Crippen LogP contribution < -0.4 is 4.90 Å². The van der Waals surface area contributed by atoms with Crippen LogP contribution in [0.4, 0.5) is 10.1 Å². The highest BCUT2D eigenvalue weighted by Gasteiger charge is 2.15. The van der Waals surface area contributed by atoms with E-state index in [1.54, 1.807) is 24.1 Å². The minimum Gasteiger partial charge on any atom is -0.464 e. The van der Waals surface area contributed by atoms with Gasteiger partial charge in [0.2, 0.25) is 5.91 Å². The maximum Gasteiger partial charge on any atom is 0.242 e. The summed E-state index contributed by atoms with van der Waals surface area (Å²) in [5.41, 5.74) is 0.833. The normalized spacial score (nSPS) is 10.5. The zero-order valence-electron chi connectivity index (χ0n) is 13.2. The predicted octanol–water partition coefficient (Wildman–Crippen LogP) is 3.21. The van der Waals surface area contributed by atoms with Crippen molar-refractivity contribution >= 4 is 11.6 Å². The molecule has 0 unspecified atom stereocenters. The van der Waals surface area contributed by atoms with Gasteiger partial charge in [0.1, 0.15) is 17.3 Å². The van der Waals surface area contributed by atoms with Gasteiger partial charge < -0.3 is 14.2 Å². The summed E-state index contributed by atoms with van der Waals surface area (Å²) < 4.78 is 18.5. The van der Waals surface area contributed by atoms with Crippen molar-refractivity contribution in [1.82, 2.24) is 4.90 Å². The number of likely N-dealkylation sites (N-methyl/N-ethyl adjacent to an activating group) is 2. The molecule has 0 aliphatic rings. The van der Waals surface area contributed by atoms with E-state index in [1.807, 2.05) is 30.9 Å². The third-order valence-corrected chi connectivity index (χ3v) is 3.51. The van der Waals surface area contributed by atoms with Crippen LogP contribution in [0.25, 0.3) is 0 Å². The summed E-state index contributed by atoms with van der Waals surface area (Å²) >= 11 is 0. The Morgan fingerprint density at radius 2 is 1.86 bits per heavy atom. The molecular formula is C17H21FN2O2. The standard InChI is InChI=1S/C17H21FN2O2/c1-4-20(15-8-6-14(18)7-9-15)12-17(21)19(3)11-16-10-5-13(2)22-16/h5-10H,4,11-12H2,1-3H3. The number of anilines is 1. The molecule has 4 nitrogen and oxygen atoms in total. The Morgan fingerprint density at radius 1 is 1.18 bits per heavy atom. The molecule has 2 rings (SSSR count). The van der Waals surface area contributed by atoms with Gasteiger partial charge in [-0.1, -0.05) is 0 Å². The topological polar surface area (TPSA) is 36.7 Å². The fourth-order valence-electron chi connectivity index (χ4n) is 2.21. The number of carbonyl (C=O) groups excluding carboxylic acids is 1. The predicted molar refractivity (Wildman–Crippen MR) is 84.2 cm³/mol. The molecule has 2 aromatic rings. The summed E-state index contributed by atoms with van der Waals surface area (Å²) in [6.45, 7) is 5.20. The number of carbonyl (C=O) groups is 1. The van der Waals surface area contributed by atoms with Crippen LogP contribution in [-0.4, -0.2) is 30.9 Å². The first kappa shape index (κ1) is 16.1. The average molecular weight is 304 g/mol. The third-order valence-electron chi connectivity index (χ3n) is 3.51. The molecule has 1 heterocycles. The van der Waals surface area contributed by atoms with E-state index in [-0.39, 0.29) is 18.3 Å². The van der Waals surface area contributed by atoms with Gasteiger partial charge in [-0.2, -0.15) is 0 Å². The van der Waals surface area contributed by atoms with Crippen molar-refractivity contribution in [3.05, 3.63) is 53.7 Å². The highest BCUT2D eigenvalue weighted by Crippen LogP contribution is 2.15. The Bertz CT molecular complexity index is 622. The van der Waals surface area contributed by atoms with Crippen LogP contribution in [0.15, 0.2) is 40.8 Å². The molecule has 0 N–H and O–H groups in total. The van der Waals surface area contributed by atoms with E-state index < -0.39 is 0 Å². The minimum atomic E-state index is -0.281. The zero-order valence-corrected chi connectivity index (χ0v) is 13.2. The van der Waals surface area contributed by atoms with Crippen molar-refractivity contribution in [2.24, 2.45) is 0 Å². The molecule has 5 heteroatoms. The van der Waals surface area contributed by atoms with Crippen molar-refractivity contribution in [3.63, 3.8) is 0 Å². The summed E-state index contributed by atoms with van der Waals surface area (Å²) in [4.78, 5) is 15.9. The number of aryl methyl sites for hydroxylation is 1. The zero-order chi connectivity index (χ0) is 16.1. The molecule has 1 aromatic heterocycles. The molecule has 0 fully saturated rings. The van der Waals surface area contributed by atoms with Gasteiger partial charge in [0.15, 0.2) is 0 Å². The number of benzene rings is 1. The Kier molecular flexibility index (Phi) is 5.20. The second-order valence-electron chi connectivity index (χ2n) is 5.25. The van der Waals surface area contributed by atoms with Gasteiger partial charge in [0.25, 0.3) is 0 Å². The first-order valence-corrected chi connectivity index (χ1v) is 7.29. The Labute approximate surface area is 130 Å². The van der Waals surface area contributed by atoms with Crippen LogP contribution in [0, 0.1) is 12.7 Å². The van der Waals surface area contributed by atoms with Gasteiger partial charge >= 0.3 is 0 Å². The summed E-state index contributed by atoms with van der Waals surface area (Å²) in [6, 6.07) is 9.92. The second-order valence-corrected chi connectivity index (χ2v) is 5.25. The second kappa shape index (κ2) is 7.11. The number of furan rings is 1. The van der Waals surface area contributed by atoms with Gasteiger partial charge in [-0.15, -0.1) is 0 Å². The molecule has 0 saturated heterocycles. The van der Waals surface area contributed by atoms with Crippen molar-refractivity contribution < 1.29 is 13.6 Å². The summed E-state index contributed by atoms with van der Waals surface area (Å²) in [7, 11) is 1.75. The number of nitrogens with zero attached hydrogens (tertiary/aromatic N) is 2. The van der Waals surface area contributed by atoms with Gasteiger partial charge in [0.05, 0.1) is 13.1 Å². The highest BCUT2D eigenvalue weighted by atomic mass is 19.1. The van der Waals surface area contributed by atoms with E-state index in [2.05, 4.69) is 0 Å². The molecular weight excluding hydrogens is 283 g/mol. The molecule has 0 aliphatic heterocycles. The first-order valence-electron chi connectivity index (χ1n) is 7.29. The number of hydrogen-bond donors (Lipinski definition) is 0. The van der Waals surface area contributed by atoms with Gasteiger partial charge in [-0.25, -0.2) is 4.39 Å². The molecule has 0 bridgehead atoms. The number of halogens is 1. The maximum absolute atomic E-state index is 13.0. The molecule has 0 saturated carbocycles. The molecule has 0 aliphatic carbocycles. The lowest BCUT2D eigenvalue weighted by Crippen LogP contribution is -2.38. The van der Waals surface area contributed by atoms with Crippen molar-refractivity contribution in [2.45, 2.75) is 20.4 Å². The molecule has 0 radical (unpaired) electrons. The van der Waals surface area contributed by atoms with E-state index in [4.69, 9.17) is 4.42 Å². The maximum atomic E-state index is 13.0. The Hall–Kier alpha value is -2.30. The van der Waals surface area contributed by atoms with Crippen LogP contribution >= 0.6 is 0 Å². The number of hydrogen-bond acceptors (Lipinski definition) is 3. The monoisotopic (exact) mass is 304 g/mol. The molecule has 0 spiro atoms. The summed E-state index contributed by atoms with van der Waals surface area (Å²) in [6.07, 6.45) is 0. The molecule has 118 valence electrons. The number of amides is 1. The largest absolute Gasteiger partial charge is 0.464 e. The molecule has 1 aromatic carbocycles. The van der Waals surface area contributed by atoms with Gasteiger partial charge in [0, 0.05) is 19.3 Å². The fraction of sp³-hybridized carbons (Fsp3) is 0.353. The minimum absolute atomic E-state index is 0.0137. The van der Waals surface area contributed by atoms with E-state index in [0.29, 0.717) is 13.1 Å². The van der Waals surface area contributed by atoms with Crippen molar-refractivity contribution in [1.29, 1.82) is 0 Å². The Morgan fingerprint density at radius 3 is 2.41 bits per heavy atom. The van der Waals surface area contributed by atoms with Crippen molar-refractivity contribution in [3.8, 4) is 0 Å². The third kappa shape index (κ3) is 4.10. The SMILES string of the molecule is CCN(CC(=O)N(C)Cc1ccc(C)o1)c1ccc(F)cc1. The van der Waals surface area contributed by atoms with E-state index >= 15 is 0 Å². The van der Waals surface area contributed by atoms with Gasteiger partial charge in [-0.05, 0) is 50.2 Å². The Balaban J connectivity index is 1.97. The van der Waals surface area contributed by atoms with E-state index in [9.17, 15) is 9.18 Å². The van der Waals surface area contributed by atoms with Crippen LogP contribution in [0.1, 0.15) is 18.4 Å². The van der Waals surface area contributed by atoms with Crippen LogP contribution in [-0.2, 0) is 11.3 Å². The first-order chi connectivity index (χ1) is 10.5. The lowest BCUT2D eigenvalue weighted by atomic mass is 10.2. The van der Waals surface area contributed by atoms with Gasteiger partial charge in [-0.3, -0.25) is 4.79 Å². The summed E-state index contributed by atoms with van der Waals surface area (Å²) in [5, 5.41) is 0. The summed E-state index contributed by atoms with van der Waals surface area (Å²) in [5.74, 6) is 1.30. The van der Waals surface area contributed by atoms with E-state index in [1.165, 1.54) is 12.1 Å². The fourth-order valence-corrected chi connectivity index (χ4v) is 2.21. The molecule has 0 atom stereocenters. The smallest absolute Gasteiger partial charge is 0.242 e. The van der Waals surface area contributed by atoms with Crippen molar-refractivity contribution in [2.75, 3.05) is 25.0 Å². The molecule has 1 amide bonds. The lowest BCUT2D eigenvalue weighted by Gasteiger charge is -2.25. The van der Waals surface area contributed by atoms with Crippen LogP contribution in [0.2, 0.25) is 0 Å². The van der Waals surface area contributed by atoms with Crippen LogP contribution in [0.3, 0.4) is 0 Å². The highest BCUT2D eigenvalue weighted by molar-refractivity contribution is 5.81. The quantitative estimate of drug-likeness (QED) is 0.822. The average Bonchev–Trinajstić information content (AvgIpc) is 2.90. The van der Waals surface area contributed by atoms with Crippen LogP contribution in [0.5, 0.6) is 0 Å². The lowest BCUT2D eigenvalue weighted by molar-refractivity contribution is -0.129. The van der Waals surface area contributed by atoms with E-state index in [0.717, 1.165) is 17.2 Å².